The van der Waals surface area contributed by atoms with Crippen LogP contribution in [-0.4, -0.2) is 0 Å². The van der Waals surface area contributed by atoms with Gasteiger partial charge in [-0.25, -0.2) is 8.78 Å². The summed E-state index contributed by atoms with van der Waals surface area (Å²) >= 11 is 0. The molecule has 0 heterocycles. The summed E-state index contributed by atoms with van der Waals surface area (Å²) in [6, 6.07) is 13.5. The first kappa shape index (κ1) is 27.1. The third kappa shape index (κ3) is 7.56. The highest BCUT2D eigenvalue weighted by Crippen LogP contribution is 2.39. The summed E-state index contributed by atoms with van der Waals surface area (Å²) in [6.07, 6.45) is 15.3. The van der Waals surface area contributed by atoms with Gasteiger partial charge in [0.2, 0.25) is 0 Å². The molecule has 0 atom stereocenters. The average Bonchev–Trinajstić information content (AvgIpc) is 2.90. The minimum atomic E-state index is -2.54. The van der Waals surface area contributed by atoms with Gasteiger partial charge in [-0.1, -0.05) is 83.4 Å². The van der Waals surface area contributed by atoms with Crippen LogP contribution in [0.15, 0.2) is 42.5 Å². The van der Waals surface area contributed by atoms with Gasteiger partial charge in [0.05, 0.1) is 5.56 Å². The van der Waals surface area contributed by atoms with Crippen molar-refractivity contribution in [3.05, 3.63) is 59.2 Å². The maximum Gasteiger partial charge on any atom is 0.267 e. The third-order valence-corrected chi connectivity index (χ3v) is 8.94. The van der Waals surface area contributed by atoms with Crippen molar-refractivity contribution in [2.24, 2.45) is 17.8 Å². The quantitative estimate of drug-likeness (QED) is 0.300. The molecular formula is C33H46F2O. The van der Waals surface area contributed by atoms with Gasteiger partial charge in [0.1, 0.15) is 11.5 Å². The highest BCUT2D eigenvalue weighted by Gasteiger charge is 2.23. The lowest BCUT2D eigenvalue weighted by Crippen LogP contribution is -2.15. The smallest absolute Gasteiger partial charge is 0.267 e. The maximum atomic E-state index is 13.8. The first-order valence-corrected chi connectivity index (χ1v) is 14.7. The van der Waals surface area contributed by atoms with E-state index in [1.807, 2.05) is 24.3 Å². The monoisotopic (exact) mass is 496 g/mol. The first-order chi connectivity index (χ1) is 17.6. The molecule has 3 heteroatoms. The van der Waals surface area contributed by atoms with E-state index in [0.717, 1.165) is 36.2 Å². The van der Waals surface area contributed by atoms with Crippen molar-refractivity contribution in [1.82, 2.24) is 0 Å². The SMILES string of the molecule is CCCC1CCC(CCc2ccc(C(F)F)c(Oc3ccc(C4CCC(CCC)CC4)cc3)c2)CC1. The van der Waals surface area contributed by atoms with Crippen LogP contribution in [0.5, 0.6) is 11.5 Å². The van der Waals surface area contributed by atoms with Crippen molar-refractivity contribution < 1.29 is 13.5 Å². The number of rotatable bonds is 11. The summed E-state index contributed by atoms with van der Waals surface area (Å²) in [5.74, 6) is 4.14. The zero-order valence-electron chi connectivity index (χ0n) is 22.5. The molecule has 36 heavy (non-hydrogen) atoms. The number of aryl methyl sites for hydroxylation is 1. The summed E-state index contributed by atoms with van der Waals surface area (Å²) in [6.45, 7) is 4.56. The van der Waals surface area contributed by atoms with Gasteiger partial charge >= 0.3 is 0 Å². The molecule has 0 saturated heterocycles. The molecule has 0 bridgehead atoms. The second-order valence-corrected chi connectivity index (χ2v) is 11.6. The van der Waals surface area contributed by atoms with E-state index in [9.17, 15) is 8.78 Å². The Labute approximate surface area is 218 Å². The van der Waals surface area contributed by atoms with Gasteiger partial charge in [-0.3, -0.25) is 0 Å². The first-order valence-electron chi connectivity index (χ1n) is 14.7. The van der Waals surface area contributed by atoms with Crippen molar-refractivity contribution in [3.63, 3.8) is 0 Å². The second-order valence-electron chi connectivity index (χ2n) is 11.6. The Hall–Kier alpha value is -1.90. The zero-order valence-corrected chi connectivity index (χ0v) is 22.5. The lowest BCUT2D eigenvalue weighted by atomic mass is 9.77. The topological polar surface area (TPSA) is 9.23 Å². The second kappa shape index (κ2) is 13.6. The molecule has 1 nitrogen and oxygen atoms in total. The van der Waals surface area contributed by atoms with Crippen molar-refractivity contribution in [1.29, 1.82) is 0 Å². The number of halogens is 2. The fourth-order valence-corrected chi connectivity index (χ4v) is 6.72. The van der Waals surface area contributed by atoms with Gasteiger partial charge in [-0.2, -0.15) is 0 Å². The number of hydrogen-bond acceptors (Lipinski definition) is 1. The van der Waals surface area contributed by atoms with Crippen molar-refractivity contribution in [3.8, 4) is 11.5 Å². The fourth-order valence-electron chi connectivity index (χ4n) is 6.72. The molecule has 0 spiro atoms. The van der Waals surface area contributed by atoms with E-state index in [2.05, 4.69) is 26.0 Å². The molecule has 2 aliphatic rings. The van der Waals surface area contributed by atoms with Gasteiger partial charge in [-0.15, -0.1) is 0 Å². The van der Waals surface area contributed by atoms with Crippen LogP contribution in [0.25, 0.3) is 0 Å². The van der Waals surface area contributed by atoms with E-state index in [1.54, 1.807) is 6.07 Å². The molecule has 0 amide bonds. The lowest BCUT2D eigenvalue weighted by molar-refractivity contribution is 0.148. The number of benzene rings is 2. The molecule has 0 aliphatic heterocycles. The van der Waals surface area contributed by atoms with Crippen LogP contribution in [0.2, 0.25) is 0 Å². The molecule has 2 fully saturated rings. The molecule has 0 unspecified atom stereocenters. The predicted molar refractivity (Wildman–Crippen MR) is 146 cm³/mol. The van der Waals surface area contributed by atoms with Gasteiger partial charge in [0, 0.05) is 0 Å². The summed E-state index contributed by atoms with van der Waals surface area (Å²) in [7, 11) is 0. The Morgan fingerprint density at radius 1 is 0.722 bits per heavy atom. The van der Waals surface area contributed by atoms with E-state index >= 15 is 0 Å². The molecule has 0 radical (unpaired) electrons. The summed E-state index contributed by atoms with van der Waals surface area (Å²) < 4.78 is 33.6. The largest absolute Gasteiger partial charge is 0.457 e. The lowest BCUT2D eigenvalue weighted by Gasteiger charge is -2.28. The molecule has 0 aromatic heterocycles. The Balaban J connectivity index is 1.35. The van der Waals surface area contributed by atoms with Gasteiger partial charge in [0.25, 0.3) is 6.43 Å². The van der Waals surface area contributed by atoms with Crippen molar-refractivity contribution in [2.45, 2.75) is 116 Å². The van der Waals surface area contributed by atoms with Gasteiger partial charge in [-0.05, 0) is 97.6 Å². The Morgan fingerprint density at radius 3 is 1.83 bits per heavy atom. The number of hydrogen-bond donors (Lipinski definition) is 0. The highest BCUT2D eigenvalue weighted by atomic mass is 19.3. The van der Waals surface area contributed by atoms with Crippen LogP contribution in [0, 0.1) is 17.8 Å². The van der Waals surface area contributed by atoms with Crippen LogP contribution >= 0.6 is 0 Å². The molecule has 198 valence electrons. The van der Waals surface area contributed by atoms with Crippen molar-refractivity contribution in [2.75, 3.05) is 0 Å². The van der Waals surface area contributed by atoms with Crippen molar-refractivity contribution >= 4 is 0 Å². The van der Waals surface area contributed by atoms with Crippen LogP contribution in [0.4, 0.5) is 8.78 Å². The molecule has 2 aromatic rings. The maximum absolute atomic E-state index is 13.8. The van der Waals surface area contributed by atoms with Gasteiger partial charge in [0.15, 0.2) is 0 Å². The Bertz CT molecular complexity index is 906. The Kier molecular flexibility index (Phi) is 10.2. The third-order valence-electron chi connectivity index (χ3n) is 8.94. The molecule has 2 aromatic carbocycles. The predicted octanol–water partition coefficient (Wildman–Crippen LogP) is 11.0. The molecule has 2 aliphatic carbocycles. The zero-order chi connectivity index (χ0) is 25.3. The van der Waals surface area contributed by atoms with Crippen LogP contribution in [0.1, 0.15) is 126 Å². The van der Waals surface area contributed by atoms with E-state index in [0.29, 0.717) is 17.4 Å². The summed E-state index contributed by atoms with van der Waals surface area (Å²) in [4.78, 5) is 0. The minimum absolute atomic E-state index is 0.0165. The standard InChI is InChI=1S/C33H46F2O/c1-3-5-24-7-9-26(10-8-24)11-12-27-15-22-31(33(34)35)32(23-27)36-30-20-18-29(19-21-30)28-16-13-25(6-4-2)14-17-28/h15,18-26,28,33H,3-14,16-17H2,1-2H3. The average molecular weight is 497 g/mol. The number of ether oxygens (including phenoxy) is 1. The summed E-state index contributed by atoms with van der Waals surface area (Å²) in [5.41, 5.74) is 2.44. The minimum Gasteiger partial charge on any atom is -0.457 e. The molecular weight excluding hydrogens is 450 g/mol. The van der Waals surface area contributed by atoms with E-state index < -0.39 is 6.43 Å². The highest BCUT2D eigenvalue weighted by molar-refractivity contribution is 5.42. The van der Waals surface area contributed by atoms with Gasteiger partial charge < -0.3 is 4.74 Å². The fraction of sp³-hybridized carbons (Fsp3) is 0.636. The van der Waals surface area contributed by atoms with E-state index in [1.165, 1.54) is 82.6 Å². The molecule has 2 saturated carbocycles. The Morgan fingerprint density at radius 2 is 1.28 bits per heavy atom. The van der Waals surface area contributed by atoms with E-state index in [4.69, 9.17) is 4.74 Å². The van der Waals surface area contributed by atoms with Crippen LogP contribution in [-0.2, 0) is 6.42 Å². The molecule has 0 N–H and O–H groups in total. The van der Waals surface area contributed by atoms with Crippen LogP contribution in [0.3, 0.4) is 0 Å². The summed E-state index contributed by atoms with van der Waals surface area (Å²) in [5, 5.41) is 0. The van der Waals surface area contributed by atoms with Crippen LogP contribution < -0.4 is 4.74 Å². The molecule has 4 rings (SSSR count). The normalized spacial score (nSPS) is 24.7. The number of alkyl halides is 2. The van der Waals surface area contributed by atoms with E-state index in [-0.39, 0.29) is 5.56 Å².